The van der Waals surface area contributed by atoms with E-state index in [-0.39, 0.29) is 0 Å². The Bertz CT molecular complexity index is 377. The molecule has 17 heavy (non-hydrogen) atoms. The van der Waals surface area contributed by atoms with Gasteiger partial charge in [-0.3, -0.25) is 4.79 Å². The number of nitrogens with zero attached hydrogens (tertiary/aromatic N) is 3. The van der Waals surface area contributed by atoms with Gasteiger partial charge in [-0.2, -0.15) is 0 Å². The number of aliphatic carboxylic acids is 1. The van der Waals surface area contributed by atoms with E-state index in [1.54, 1.807) is 12.5 Å². The third kappa shape index (κ3) is 2.85. The molecule has 1 fully saturated rings. The van der Waals surface area contributed by atoms with Crippen LogP contribution >= 0.6 is 0 Å². The minimum absolute atomic E-state index is 0.576. The summed E-state index contributed by atoms with van der Waals surface area (Å²) in [5.41, 5.74) is -0.576. The Morgan fingerprint density at radius 2 is 2.35 bits per heavy atom. The van der Waals surface area contributed by atoms with Crippen LogP contribution in [0.15, 0.2) is 18.7 Å². The molecule has 5 nitrogen and oxygen atoms in total. The Morgan fingerprint density at radius 1 is 1.53 bits per heavy atom. The molecule has 0 aliphatic carbocycles. The molecule has 1 unspecified atom stereocenters. The predicted octanol–water partition coefficient (Wildman–Crippen LogP) is 1.07. The number of carboxylic acid groups (broad SMARTS) is 1. The lowest BCUT2D eigenvalue weighted by Crippen LogP contribution is -2.46. The molecule has 1 N–H and O–H groups in total. The van der Waals surface area contributed by atoms with Gasteiger partial charge in [0, 0.05) is 32.0 Å². The number of piperidine rings is 1. The van der Waals surface area contributed by atoms with Crippen LogP contribution in [0.4, 0.5) is 0 Å². The van der Waals surface area contributed by atoms with Gasteiger partial charge in [-0.15, -0.1) is 0 Å². The highest BCUT2D eigenvalue weighted by atomic mass is 16.4. The second kappa shape index (κ2) is 4.87. The lowest BCUT2D eigenvalue weighted by Gasteiger charge is -2.37. The van der Waals surface area contributed by atoms with E-state index in [1.807, 2.05) is 17.7 Å². The molecular formula is C12H19N3O2. The van der Waals surface area contributed by atoms with E-state index < -0.39 is 11.4 Å². The van der Waals surface area contributed by atoms with Gasteiger partial charge in [0.05, 0.1) is 11.7 Å². The van der Waals surface area contributed by atoms with Crippen LogP contribution in [0.5, 0.6) is 0 Å². The van der Waals surface area contributed by atoms with Crippen molar-refractivity contribution in [3.05, 3.63) is 18.7 Å². The molecule has 0 saturated carbocycles. The fourth-order valence-electron chi connectivity index (χ4n) is 2.39. The first-order valence-electron chi connectivity index (χ1n) is 6.02. The summed E-state index contributed by atoms with van der Waals surface area (Å²) in [4.78, 5) is 17.4. The molecule has 1 aliphatic heterocycles. The van der Waals surface area contributed by atoms with Gasteiger partial charge >= 0.3 is 5.97 Å². The normalized spacial score (nSPS) is 25.9. The second-order valence-electron chi connectivity index (χ2n) is 5.05. The molecule has 0 spiro atoms. The van der Waals surface area contributed by atoms with E-state index in [1.165, 1.54) is 0 Å². The van der Waals surface area contributed by atoms with Gasteiger partial charge in [0.25, 0.3) is 0 Å². The predicted molar refractivity (Wildman–Crippen MR) is 63.6 cm³/mol. The summed E-state index contributed by atoms with van der Waals surface area (Å²) in [6.45, 7) is 5.25. The molecule has 0 bridgehead atoms. The SMILES string of the molecule is CC1(C(=O)O)CCCN(CCn2ccnc2)C1. The summed E-state index contributed by atoms with van der Waals surface area (Å²) in [6.07, 6.45) is 7.23. The van der Waals surface area contributed by atoms with Crippen molar-refractivity contribution in [3.63, 3.8) is 0 Å². The number of likely N-dealkylation sites (tertiary alicyclic amines) is 1. The molecule has 1 aliphatic rings. The summed E-state index contributed by atoms with van der Waals surface area (Å²) in [6, 6.07) is 0. The van der Waals surface area contributed by atoms with Crippen LogP contribution in [0, 0.1) is 5.41 Å². The van der Waals surface area contributed by atoms with Gasteiger partial charge in [0.1, 0.15) is 0 Å². The van der Waals surface area contributed by atoms with E-state index in [0.29, 0.717) is 6.54 Å². The molecule has 1 saturated heterocycles. The van der Waals surface area contributed by atoms with Crippen LogP contribution in [-0.2, 0) is 11.3 Å². The third-order valence-corrected chi connectivity index (χ3v) is 3.53. The number of imidazole rings is 1. The Labute approximate surface area is 101 Å². The first kappa shape index (κ1) is 12.1. The average Bonchev–Trinajstić information content (AvgIpc) is 2.79. The highest BCUT2D eigenvalue weighted by Crippen LogP contribution is 2.29. The van der Waals surface area contributed by atoms with Crippen LogP contribution in [0.3, 0.4) is 0 Å². The topological polar surface area (TPSA) is 58.4 Å². The quantitative estimate of drug-likeness (QED) is 0.851. The maximum atomic E-state index is 11.2. The Balaban J connectivity index is 1.87. The molecule has 0 amide bonds. The number of hydrogen-bond acceptors (Lipinski definition) is 3. The maximum Gasteiger partial charge on any atom is 0.310 e. The summed E-state index contributed by atoms with van der Waals surface area (Å²) in [7, 11) is 0. The van der Waals surface area contributed by atoms with Gasteiger partial charge in [0.15, 0.2) is 0 Å². The van der Waals surface area contributed by atoms with Crippen molar-refractivity contribution >= 4 is 5.97 Å². The average molecular weight is 237 g/mol. The van der Waals surface area contributed by atoms with Crippen LogP contribution in [0.25, 0.3) is 0 Å². The standard InChI is InChI=1S/C12H19N3O2/c1-12(11(16)17)3-2-5-14(9-12)7-8-15-6-4-13-10-15/h4,6,10H,2-3,5,7-9H2,1H3,(H,16,17). The lowest BCUT2D eigenvalue weighted by molar-refractivity contribution is -0.151. The van der Waals surface area contributed by atoms with Gasteiger partial charge < -0.3 is 14.6 Å². The third-order valence-electron chi connectivity index (χ3n) is 3.53. The van der Waals surface area contributed by atoms with E-state index >= 15 is 0 Å². The van der Waals surface area contributed by atoms with Crippen molar-refractivity contribution in [1.29, 1.82) is 0 Å². The van der Waals surface area contributed by atoms with Crippen molar-refractivity contribution < 1.29 is 9.90 Å². The van der Waals surface area contributed by atoms with Crippen molar-refractivity contribution in [2.45, 2.75) is 26.3 Å². The Hall–Kier alpha value is -1.36. The molecule has 94 valence electrons. The summed E-state index contributed by atoms with van der Waals surface area (Å²) < 4.78 is 2.02. The Morgan fingerprint density at radius 3 is 3.00 bits per heavy atom. The molecule has 0 aromatic carbocycles. The largest absolute Gasteiger partial charge is 0.481 e. The van der Waals surface area contributed by atoms with Gasteiger partial charge in [-0.25, -0.2) is 4.98 Å². The van der Waals surface area contributed by atoms with Crippen molar-refractivity contribution in [2.24, 2.45) is 5.41 Å². The van der Waals surface area contributed by atoms with Gasteiger partial charge in [-0.1, -0.05) is 0 Å². The maximum absolute atomic E-state index is 11.2. The minimum atomic E-state index is -0.676. The number of carboxylic acids is 1. The summed E-state index contributed by atoms with van der Waals surface area (Å²) in [5.74, 6) is -0.676. The fraction of sp³-hybridized carbons (Fsp3) is 0.667. The number of hydrogen-bond donors (Lipinski definition) is 1. The van der Waals surface area contributed by atoms with Crippen molar-refractivity contribution in [1.82, 2.24) is 14.5 Å². The van der Waals surface area contributed by atoms with Crippen molar-refractivity contribution in [2.75, 3.05) is 19.6 Å². The van der Waals surface area contributed by atoms with Crippen LogP contribution in [0.2, 0.25) is 0 Å². The zero-order valence-corrected chi connectivity index (χ0v) is 10.2. The highest BCUT2D eigenvalue weighted by Gasteiger charge is 2.37. The first-order chi connectivity index (χ1) is 8.10. The molecule has 5 heteroatoms. The highest BCUT2D eigenvalue weighted by molar-refractivity contribution is 5.74. The van der Waals surface area contributed by atoms with E-state index in [4.69, 9.17) is 0 Å². The summed E-state index contributed by atoms with van der Waals surface area (Å²) in [5, 5.41) is 9.23. The number of rotatable bonds is 4. The zero-order chi connectivity index (χ0) is 12.3. The molecule has 1 aromatic heterocycles. The molecule has 2 heterocycles. The molecule has 2 rings (SSSR count). The molecule has 1 aromatic rings. The first-order valence-corrected chi connectivity index (χ1v) is 6.02. The second-order valence-corrected chi connectivity index (χ2v) is 5.05. The summed E-state index contributed by atoms with van der Waals surface area (Å²) >= 11 is 0. The lowest BCUT2D eigenvalue weighted by atomic mass is 9.82. The molecule has 1 atom stereocenters. The zero-order valence-electron chi connectivity index (χ0n) is 10.2. The van der Waals surface area contributed by atoms with Crippen LogP contribution in [0.1, 0.15) is 19.8 Å². The number of carbonyl (C=O) groups is 1. The number of aromatic nitrogens is 2. The van der Waals surface area contributed by atoms with E-state index in [0.717, 1.165) is 32.5 Å². The molecule has 0 radical (unpaired) electrons. The molecular weight excluding hydrogens is 218 g/mol. The smallest absolute Gasteiger partial charge is 0.310 e. The van der Waals surface area contributed by atoms with Crippen LogP contribution in [-0.4, -0.2) is 45.2 Å². The van der Waals surface area contributed by atoms with Crippen LogP contribution < -0.4 is 0 Å². The fourth-order valence-corrected chi connectivity index (χ4v) is 2.39. The Kier molecular flexibility index (Phi) is 3.47. The minimum Gasteiger partial charge on any atom is -0.481 e. The monoisotopic (exact) mass is 237 g/mol. The van der Waals surface area contributed by atoms with Gasteiger partial charge in [-0.05, 0) is 26.3 Å². The van der Waals surface area contributed by atoms with Crippen molar-refractivity contribution in [3.8, 4) is 0 Å². The van der Waals surface area contributed by atoms with Gasteiger partial charge in [0.2, 0.25) is 0 Å². The van der Waals surface area contributed by atoms with E-state index in [2.05, 4.69) is 9.88 Å². The van der Waals surface area contributed by atoms with E-state index in [9.17, 15) is 9.90 Å².